The first-order valence-corrected chi connectivity index (χ1v) is 5.59. The Morgan fingerprint density at radius 2 is 1.65 bits per heavy atom. The molecule has 90 valence electrons. The molecular formula is C13H14O4. The van der Waals surface area contributed by atoms with Crippen LogP contribution in [0.1, 0.15) is 41.6 Å². The van der Waals surface area contributed by atoms with Crippen molar-refractivity contribution < 1.29 is 19.8 Å². The third-order valence-electron chi connectivity index (χ3n) is 3.30. The van der Waals surface area contributed by atoms with Crippen molar-refractivity contribution in [2.45, 2.75) is 31.3 Å². The van der Waals surface area contributed by atoms with Crippen LogP contribution < -0.4 is 0 Å². The van der Waals surface area contributed by atoms with E-state index in [1.807, 2.05) is 0 Å². The van der Waals surface area contributed by atoms with Crippen molar-refractivity contribution >= 4 is 11.8 Å². The number of carbonyl (C=O) groups excluding carboxylic acids is 1. The van der Waals surface area contributed by atoms with Crippen LogP contribution in [0.25, 0.3) is 0 Å². The molecule has 0 radical (unpaired) electrons. The molecule has 2 rings (SSSR count). The largest absolute Gasteiger partial charge is 0.478 e. The standard InChI is InChI=1S/C13H14O4/c14-11-5-7-13(17,8-6-11)10-3-1-9(2-4-10)12(15)16/h1-4,17H,5-8H2,(H,15,16). The summed E-state index contributed by atoms with van der Waals surface area (Å²) in [6.45, 7) is 0. The molecule has 1 aromatic rings. The molecule has 1 fully saturated rings. The Bertz CT molecular complexity index is 437. The predicted molar refractivity (Wildman–Crippen MR) is 60.8 cm³/mol. The second-order valence-corrected chi connectivity index (χ2v) is 4.45. The molecule has 1 saturated carbocycles. The Kier molecular flexibility index (Phi) is 2.98. The molecule has 0 bridgehead atoms. The molecule has 0 aliphatic heterocycles. The Morgan fingerprint density at radius 1 is 1.12 bits per heavy atom. The van der Waals surface area contributed by atoms with Gasteiger partial charge in [-0.15, -0.1) is 0 Å². The summed E-state index contributed by atoms with van der Waals surface area (Å²) in [6, 6.07) is 6.20. The summed E-state index contributed by atoms with van der Waals surface area (Å²) >= 11 is 0. The van der Waals surface area contributed by atoms with Crippen molar-refractivity contribution in [3.05, 3.63) is 35.4 Å². The summed E-state index contributed by atoms with van der Waals surface area (Å²) < 4.78 is 0. The number of hydrogen-bond acceptors (Lipinski definition) is 3. The normalized spacial score (nSPS) is 19.0. The lowest BCUT2D eigenvalue weighted by Gasteiger charge is -2.31. The maximum atomic E-state index is 11.1. The van der Waals surface area contributed by atoms with E-state index in [9.17, 15) is 14.7 Å². The number of benzene rings is 1. The number of hydrogen-bond donors (Lipinski definition) is 2. The average Bonchev–Trinajstić information content (AvgIpc) is 2.33. The highest BCUT2D eigenvalue weighted by atomic mass is 16.4. The smallest absolute Gasteiger partial charge is 0.335 e. The first-order valence-electron chi connectivity index (χ1n) is 5.59. The van der Waals surface area contributed by atoms with Gasteiger partial charge in [-0.05, 0) is 30.5 Å². The van der Waals surface area contributed by atoms with Crippen molar-refractivity contribution in [1.82, 2.24) is 0 Å². The summed E-state index contributed by atoms with van der Waals surface area (Å²) in [6.07, 6.45) is 1.60. The molecule has 1 aliphatic carbocycles. The van der Waals surface area contributed by atoms with E-state index in [2.05, 4.69) is 0 Å². The van der Waals surface area contributed by atoms with Gasteiger partial charge in [-0.2, -0.15) is 0 Å². The Morgan fingerprint density at radius 3 is 2.12 bits per heavy atom. The lowest BCUT2D eigenvalue weighted by atomic mass is 9.79. The molecule has 0 amide bonds. The number of carboxylic acids is 1. The van der Waals surface area contributed by atoms with Gasteiger partial charge in [0.1, 0.15) is 5.78 Å². The summed E-state index contributed by atoms with van der Waals surface area (Å²) in [7, 11) is 0. The molecule has 4 heteroatoms. The van der Waals surface area contributed by atoms with Crippen LogP contribution in [-0.2, 0) is 10.4 Å². The van der Waals surface area contributed by atoms with Crippen LogP contribution in [0.2, 0.25) is 0 Å². The highest BCUT2D eigenvalue weighted by Gasteiger charge is 2.33. The Labute approximate surface area is 98.9 Å². The van der Waals surface area contributed by atoms with Crippen LogP contribution in [0.4, 0.5) is 0 Å². The van der Waals surface area contributed by atoms with Crippen LogP contribution >= 0.6 is 0 Å². The lowest BCUT2D eigenvalue weighted by molar-refractivity contribution is -0.125. The summed E-state index contributed by atoms with van der Waals surface area (Å²) in [5.74, 6) is -0.806. The fourth-order valence-electron chi connectivity index (χ4n) is 2.15. The fraction of sp³-hybridized carbons (Fsp3) is 0.385. The minimum atomic E-state index is -0.984. The number of aromatic carboxylic acids is 1. The van der Waals surface area contributed by atoms with Gasteiger partial charge < -0.3 is 10.2 Å². The fourth-order valence-corrected chi connectivity index (χ4v) is 2.15. The second-order valence-electron chi connectivity index (χ2n) is 4.45. The van der Waals surface area contributed by atoms with Crippen molar-refractivity contribution in [1.29, 1.82) is 0 Å². The van der Waals surface area contributed by atoms with E-state index >= 15 is 0 Å². The van der Waals surface area contributed by atoms with Gasteiger partial charge in [0.05, 0.1) is 11.2 Å². The van der Waals surface area contributed by atoms with Gasteiger partial charge >= 0.3 is 5.97 Å². The van der Waals surface area contributed by atoms with Crippen LogP contribution in [-0.4, -0.2) is 22.0 Å². The van der Waals surface area contributed by atoms with Crippen molar-refractivity contribution in [3.8, 4) is 0 Å². The number of Topliss-reactive ketones (excluding diaryl/α,β-unsaturated/α-hetero) is 1. The first-order chi connectivity index (χ1) is 8.01. The van der Waals surface area contributed by atoms with E-state index < -0.39 is 11.6 Å². The number of ketones is 1. The zero-order chi connectivity index (χ0) is 12.5. The number of aliphatic hydroxyl groups is 1. The molecule has 0 unspecified atom stereocenters. The van der Waals surface area contributed by atoms with Crippen LogP contribution in [0.3, 0.4) is 0 Å². The molecule has 0 atom stereocenters. The van der Waals surface area contributed by atoms with E-state index in [1.54, 1.807) is 12.1 Å². The van der Waals surface area contributed by atoms with Crippen molar-refractivity contribution in [2.75, 3.05) is 0 Å². The number of rotatable bonds is 2. The monoisotopic (exact) mass is 234 g/mol. The SMILES string of the molecule is O=C1CCC(O)(c2ccc(C(=O)O)cc2)CC1. The zero-order valence-corrected chi connectivity index (χ0v) is 9.35. The maximum Gasteiger partial charge on any atom is 0.335 e. The number of carboxylic acid groups (broad SMARTS) is 1. The van der Waals surface area contributed by atoms with Crippen LogP contribution in [0, 0.1) is 0 Å². The van der Waals surface area contributed by atoms with Gasteiger partial charge in [-0.3, -0.25) is 4.79 Å². The van der Waals surface area contributed by atoms with E-state index in [4.69, 9.17) is 5.11 Å². The molecule has 0 heterocycles. The molecule has 1 aliphatic rings. The lowest BCUT2D eigenvalue weighted by Crippen LogP contribution is -2.31. The van der Waals surface area contributed by atoms with Crippen molar-refractivity contribution in [2.24, 2.45) is 0 Å². The van der Waals surface area contributed by atoms with E-state index in [-0.39, 0.29) is 11.3 Å². The Balaban J connectivity index is 2.22. The second kappa shape index (κ2) is 4.30. The molecule has 0 spiro atoms. The van der Waals surface area contributed by atoms with Gasteiger partial charge in [0.2, 0.25) is 0 Å². The van der Waals surface area contributed by atoms with Crippen molar-refractivity contribution in [3.63, 3.8) is 0 Å². The quantitative estimate of drug-likeness (QED) is 0.817. The van der Waals surface area contributed by atoms with Gasteiger partial charge in [0, 0.05) is 12.8 Å². The van der Waals surface area contributed by atoms with Gasteiger partial charge in [0.25, 0.3) is 0 Å². The zero-order valence-electron chi connectivity index (χ0n) is 9.35. The summed E-state index contributed by atoms with van der Waals surface area (Å²) in [5, 5.41) is 19.2. The van der Waals surface area contributed by atoms with Crippen LogP contribution in [0.5, 0.6) is 0 Å². The molecule has 17 heavy (non-hydrogen) atoms. The minimum Gasteiger partial charge on any atom is -0.478 e. The third kappa shape index (κ3) is 2.36. The molecule has 0 aromatic heterocycles. The van der Waals surface area contributed by atoms with E-state index in [1.165, 1.54) is 12.1 Å². The van der Waals surface area contributed by atoms with Gasteiger partial charge in [-0.1, -0.05) is 12.1 Å². The van der Waals surface area contributed by atoms with E-state index in [0.717, 1.165) is 0 Å². The van der Waals surface area contributed by atoms with Gasteiger partial charge in [-0.25, -0.2) is 4.79 Å². The molecular weight excluding hydrogens is 220 g/mol. The van der Waals surface area contributed by atoms with Crippen LogP contribution in [0.15, 0.2) is 24.3 Å². The third-order valence-corrected chi connectivity index (χ3v) is 3.30. The minimum absolute atomic E-state index is 0.178. The Hall–Kier alpha value is -1.68. The van der Waals surface area contributed by atoms with E-state index in [0.29, 0.717) is 31.2 Å². The first kappa shape index (κ1) is 11.8. The summed E-state index contributed by atoms with van der Waals surface area (Å²) in [5.41, 5.74) is -0.0930. The average molecular weight is 234 g/mol. The predicted octanol–water partition coefficient (Wildman–Crippen LogP) is 1.72. The molecule has 4 nitrogen and oxygen atoms in total. The maximum absolute atomic E-state index is 11.1. The molecule has 2 N–H and O–H groups in total. The van der Waals surface area contributed by atoms with Gasteiger partial charge in [0.15, 0.2) is 0 Å². The number of carbonyl (C=O) groups is 2. The molecule has 0 saturated heterocycles. The highest BCUT2D eigenvalue weighted by molar-refractivity contribution is 5.87. The highest BCUT2D eigenvalue weighted by Crippen LogP contribution is 2.35. The molecule has 1 aromatic carbocycles. The summed E-state index contributed by atoms with van der Waals surface area (Å²) in [4.78, 5) is 21.8. The topological polar surface area (TPSA) is 74.6 Å².